The fraction of sp³-hybridized carbons (Fsp3) is 0.625. The minimum absolute atomic E-state index is 0.131. The SMILES string of the molecule is CC(Cl)c1nc2cccnc2n1CCOC1CCCCC1. The number of fused-ring (bicyclic) bond motifs is 1. The molecule has 2 aromatic heterocycles. The molecule has 0 amide bonds. The number of ether oxygens (including phenoxy) is 1. The zero-order valence-corrected chi connectivity index (χ0v) is 13.2. The van der Waals surface area contributed by atoms with E-state index in [0.717, 1.165) is 23.5 Å². The summed E-state index contributed by atoms with van der Waals surface area (Å²) in [5.74, 6) is 0.873. The van der Waals surface area contributed by atoms with E-state index in [4.69, 9.17) is 16.3 Å². The Morgan fingerprint density at radius 1 is 1.38 bits per heavy atom. The van der Waals surface area contributed by atoms with Crippen LogP contribution in [-0.4, -0.2) is 27.2 Å². The molecule has 0 bridgehead atoms. The van der Waals surface area contributed by atoms with Crippen molar-refractivity contribution < 1.29 is 4.74 Å². The first kappa shape index (κ1) is 14.8. The maximum Gasteiger partial charge on any atom is 0.160 e. The lowest BCUT2D eigenvalue weighted by molar-refractivity contribution is 0.0241. The van der Waals surface area contributed by atoms with Gasteiger partial charge in [-0.25, -0.2) is 9.97 Å². The van der Waals surface area contributed by atoms with Crippen LogP contribution in [0.4, 0.5) is 0 Å². The number of hydrogen-bond acceptors (Lipinski definition) is 3. The highest BCUT2D eigenvalue weighted by Crippen LogP contribution is 2.24. The molecule has 0 saturated heterocycles. The molecule has 2 aromatic rings. The van der Waals surface area contributed by atoms with Gasteiger partial charge in [0.1, 0.15) is 11.3 Å². The Morgan fingerprint density at radius 3 is 2.95 bits per heavy atom. The van der Waals surface area contributed by atoms with Gasteiger partial charge in [-0.05, 0) is 31.9 Å². The van der Waals surface area contributed by atoms with Crippen molar-refractivity contribution in [2.24, 2.45) is 0 Å². The molecule has 1 aliphatic carbocycles. The Bertz CT molecular complexity index is 590. The molecule has 0 radical (unpaired) electrons. The van der Waals surface area contributed by atoms with E-state index in [2.05, 4.69) is 14.5 Å². The third-order valence-corrected chi connectivity index (χ3v) is 4.30. The number of rotatable bonds is 5. The highest BCUT2D eigenvalue weighted by atomic mass is 35.5. The molecule has 114 valence electrons. The van der Waals surface area contributed by atoms with Crippen LogP contribution < -0.4 is 0 Å². The fourth-order valence-electron chi connectivity index (χ4n) is 3.04. The van der Waals surface area contributed by atoms with E-state index in [-0.39, 0.29) is 5.38 Å². The summed E-state index contributed by atoms with van der Waals surface area (Å²) in [6.45, 7) is 3.40. The van der Waals surface area contributed by atoms with Crippen molar-refractivity contribution in [3.05, 3.63) is 24.2 Å². The van der Waals surface area contributed by atoms with Gasteiger partial charge >= 0.3 is 0 Å². The molecular formula is C16H22ClN3O. The van der Waals surface area contributed by atoms with Gasteiger partial charge in [-0.1, -0.05) is 19.3 Å². The summed E-state index contributed by atoms with van der Waals surface area (Å²) >= 11 is 6.26. The van der Waals surface area contributed by atoms with Crippen molar-refractivity contribution in [1.82, 2.24) is 14.5 Å². The smallest absolute Gasteiger partial charge is 0.160 e. The number of imidazole rings is 1. The lowest BCUT2D eigenvalue weighted by atomic mass is 9.98. The van der Waals surface area contributed by atoms with Gasteiger partial charge in [0.15, 0.2) is 5.65 Å². The van der Waals surface area contributed by atoms with Crippen molar-refractivity contribution in [2.45, 2.75) is 57.1 Å². The maximum absolute atomic E-state index is 6.26. The van der Waals surface area contributed by atoms with Crippen molar-refractivity contribution in [3.63, 3.8) is 0 Å². The number of hydrogen-bond donors (Lipinski definition) is 0. The summed E-state index contributed by atoms with van der Waals surface area (Å²) in [6.07, 6.45) is 8.56. The molecule has 0 aliphatic heterocycles. The van der Waals surface area contributed by atoms with E-state index in [9.17, 15) is 0 Å². The van der Waals surface area contributed by atoms with E-state index in [1.54, 1.807) is 6.20 Å². The van der Waals surface area contributed by atoms with Crippen LogP contribution in [-0.2, 0) is 11.3 Å². The van der Waals surface area contributed by atoms with Gasteiger partial charge in [-0.2, -0.15) is 0 Å². The standard InChI is InChI=1S/C16H22ClN3O/c1-12(17)15-19-14-8-5-9-18-16(14)20(15)10-11-21-13-6-3-2-4-7-13/h5,8-9,12-13H,2-4,6-7,10-11H2,1H3. The largest absolute Gasteiger partial charge is 0.376 e. The molecule has 21 heavy (non-hydrogen) atoms. The molecule has 1 saturated carbocycles. The molecule has 5 heteroatoms. The predicted molar refractivity (Wildman–Crippen MR) is 84.6 cm³/mol. The maximum atomic E-state index is 6.26. The molecular weight excluding hydrogens is 286 g/mol. The fourth-order valence-corrected chi connectivity index (χ4v) is 3.21. The zero-order valence-electron chi connectivity index (χ0n) is 12.5. The van der Waals surface area contributed by atoms with Gasteiger partial charge in [-0.15, -0.1) is 11.6 Å². The molecule has 1 fully saturated rings. The molecule has 1 unspecified atom stereocenters. The van der Waals surface area contributed by atoms with Gasteiger partial charge in [0.2, 0.25) is 0 Å². The number of aromatic nitrogens is 3. The van der Waals surface area contributed by atoms with Gasteiger partial charge in [0.25, 0.3) is 0 Å². The second kappa shape index (κ2) is 6.75. The summed E-state index contributed by atoms with van der Waals surface area (Å²) in [6, 6.07) is 3.88. The molecule has 1 aliphatic rings. The van der Waals surface area contributed by atoms with E-state index in [0.29, 0.717) is 12.7 Å². The summed E-state index contributed by atoms with van der Waals surface area (Å²) in [5.41, 5.74) is 1.80. The summed E-state index contributed by atoms with van der Waals surface area (Å²) in [4.78, 5) is 9.03. The van der Waals surface area contributed by atoms with E-state index < -0.39 is 0 Å². The highest BCUT2D eigenvalue weighted by Gasteiger charge is 2.17. The van der Waals surface area contributed by atoms with Crippen LogP contribution in [0, 0.1) is 0 Å². The van der Waals surface area contributed by atoms with E-state index in [1.165, 1.54) is 32.1 Å². The number of nitrogens with zero attached hydrogens (tertiary/aromatic N) is 3. The Hall–Kier alpha value is -1.13. The normalized spacial score (nSPS) is 18.2. The van der Waals surface area contributed by atoms with Gasteiger partial charge in [-0.3, -0.25) is 0 Å². The molecule has 0 aromatic carbocycles. The van der Waals surface area contributed by atoms with Gasteiger partial charge in [0.05, 0.1) is 18.1 Å². The van der Waals surface area contributed by atoms with Gasteiger partial charge in [0, 0.05) is 12.7 Å². The quantitative estimate of drug-likeness (QED) is 0.781. The molecule has 0 N–H and O–H groups in total. The molecule has 3 rings (SSSR count). The van der Waals surface area contributed by atoms with Crippen molar-refractivity contribution in [2.75, 3.05) is 6.61 Å². The van der Waals surface area contributed by atoms with Crippen molar-refractivity contribution in [3.8, 4) is 0 Å². The van der Waals surface area contributed by atoms with Crippen molar-refractivity contribution in [1.29, 1.82) is 0 Å². The second-order valence-electron chi connectivity index (χ2n) is 5.71. The second-order valence-corrected chi connectivity index (χ2v) is 6.37. The first-order valence-corrected chi connectivity index (χ1v) is 8.26. The summed E-state index contributed by atoms with van der Waals surface area (Å²) in [5, 5.41) is -0.131. The number of halogens is 1. The topological polar surface area (TPSA) is 39.9 Å². The number of alkyl halides is 1. The van der Waals surface area contributed by atoms with Crippen LogP contribution in [0.1, 0.15) is 50.2 Å². The molecule has 1 atom stereocenters. The Morgan fingerprint density at radius 2 is 2.19 bits per heavy atom. The summed E-state index contributed by atoms with van der Waals surface area (Å²) < 4.78 is 8.11. The Balaban J connectivity index is 1.71. The van der Waals surface area contributed by atoms with Crippen LogP contribution in [0.3, 0.4) is 0 Å². The van der Waals surface area contributed by atoms with Crippen LogP contribution in [0.5, 0.6) is 0 Å². The van der Waals surface area contributed by atoms with Crippen LogP contribution in [0.25, 0.3) is 11.2 Å². The third kappa shape index (κ3) is 3.38. The number of pyridine rings is 1. The molecule has 0 spiro atoms. The first-order chi connectivity index (χ1) is 10.3. The molecule has 2 heterocycles. The Kier molecular flexibility index (Phi) is 4.76. The first-order valence-electron chi connectivity index (χ1n) is 7.82. The lowest BCUT2D eigenvalue weighted by Crippen LogP contribution is -2.20. The predicted octanol–water partition coefficient (Wildman–Crippen LogP) is 4.08. The summed E-state index contributed by atoms with van der Waals surface area (Å²) in [7, 11) is 0. The van der Waals surface area contributed by atoms with Crippen LogP contribution in [0.2, 0.25) is 0 Å². The minimum atomic E-state index is -0.131. The monoisotopic (exact) mass is 307 g/mol. The van der Waals surface area contributed by atoms with Gasteiger partial charge < -0.3 is 9.30 Å². The van der Waals surface area contributed by atoms with E-state index in [1.807, 2.05) is 19.1 Å². The molecule has 4 nitrogen and oxygen atoms in total. The minimum Gasteiger partial charge on any atom is -0.376 e. The van der Waals surface area contributed by atoms with Crippen molar-refractivity contribution >= 4 is 22.8 Å². The van der Waals surface area contributed by atoms with Crippen LogP contribution >= 0.6 is 11.6 Å². The van der Waals surface area contributed by atoms with E-state index >= 15 is 0 Å². The third-order valence-electron chi connectivity index (χ3n) is 4.11. The average Bonchev–Trinajstić information content (AvgIpc) is 2.88. The Labute approximate surface area is 130 Å². The zero-order chi connectivity index (χ0) is 14.7. The van der Waals surface area contributed by atoms with Crippen LogP contribution in [0.15, 0.2) is 18.3 Å². The highest BCUT2D eigenvalue weighted by molar-refractivity contribution is 6.20. The average molecular weight is 308 g/mol. The lowest BCUT2D eigenvalue weighted by Gasteiger charge is -2.22.